The van der Waals surface area contributed by atoms with Crippen LogP contribution in [0.5, 0.6) is 0 Å². The van der Waals surface area contributed by atoms with Crippen molar-refractivity contribution in [3.05, 3.63) is 27.7 Å². The van der Waals surface area contributed by atoms with Gasteiger partial charge in [-0.1, -0.05) is 22.9 Å². The predicted octanol–water partition coefficient (Wildman–Crippen LogP) is 3.64. The Labute approximate surface area is 138 Å². The molecule has 0 radical (unpaired) electrons. The minimum Gasteiger partial charge on any atom is -0.481 e. The second-order valence-corrected chi connectivity index (χ2v) is 7.04. The first kappa shape index (κ1) is 16.8. The number of anilines is 1. The van der Waals surface area contributed by atoms with Crippen LogP contribution in [0.25, 0.3) is 0 Å². The van der Waals surface area contributed by atoms with E-state index >= 15 is 0 Å². The van der Waals surface area contributed by atoms with Gasteiger partial charge in [0, 0.05) is 23.2 Å². The molecule has 22 heavy (non-hydrogen) atoms. The number of rotatable bonds is 2. The Morgan fingerprint density at radius 3 is 2.41 bits per heavy atom. The predicted molar refractivity (Wildman–Crippen MR) is 89.1 cm³/mol. The number of benzene rings is 1. The summed E-state index contributed by atoms with van der Waals surface area (Å²) in [4.78, 5) is 25.3. The SMILES string of the molecule is Cc1cc(Br)cc(C)c1NC(=O)N1CC(C)CC(C(=O)O)C1. The molecule has 0 bridgehead atoms. The van der Waals surface area contributed by atoms with Crippen LogP contribution in [-0.2, 0) is 4.79 Å². The molecule has 2 atom stereocenters. The van der Waals surface area contributed by atoms with Crippen molar-refractivity contribution in [2.24, 2.45) is 11.8 Å². The lowest BCUT2D eigenvalue weighted by Gasteiger charge is -2.34. The Balaban J connectivity index is 2.13. The van der Waals surface area contributed by atoms with Crippen molar-refractivity contribution in [2.75, 3.05) is 18.4 Å². The topological polar surface area (TPSA) is 69.6 Å². The summed E-state index contributed by atoms with van der Waals surface area (Å²) in [6, 6.07) is 3.66. The Morgan fingerprint density at radius 2 is 1.86 bits per heavy atom. The summed E-state index contributed by atoms with van der Waals surface area (Å²) in [5, 5.41) is 12.1. The maximum Gasteiger partial charge on any atom is 0.321 e. The normalized spacial score (nSPS) is 21.5. The molecule has 120 valence electrons. The van der Waals surface area contributed by atoms with E-state index in [1.54, 1.807) is 4.90 Å². The van der Waals surface area contributed by atoms with Crippen molar-refractivity contribution >= 4 is 33.6 Å². The van der Waals surface area contributed by atoms with Crippen molar-refractivity contribution in [1.29, 1.82) is 0 Å². The number of amides is 2. The van der Waals surface area contributed by atoms with Crippen LogP contribution in [0.15, 0.2) is 16.6 Å². The van der Waals surface area contributed by atoms with Crippen LogP contribution in [-0.4, -0.2) is 35.1 Å². The summed E-state index contributed by atoms with van der Waals surface area (Å²) in [5.74, 6) is -1.13. The van der Waals surface area contributed by atoms with E-state index in [0.29, 0.717) is 13.0 Å². The molecule has 1 aromatic carbocycles. The largest absolute Gasteiger partial charge is 0.481 e. The first-order valence-electron chi connectivity index (χ1n) is 7.33. The number of aliphatic carboxylic acids is 1. The molecular weight excluding hydrogens is 348 g/mol. The minimum atomic E-state index is -0.833. The van der Waals surface area contributed by atoms with Gasteiger partial charge in [0.1, 0.15) is 0 Å². The van der Waals surface area contributed by atoms with Gasteiger partial charge < -0.3 is 15.3 Å². The zero-order valence-corrected chi connectivity index (χ0v) is 14.6. The first-order valence-corrected chi connectivity index (χ1v) is 8.12. The number of nitrogens with zero attached hydrogens (tertiary/aromatic N) is 1. The van der Waals surface area contributed by atoms with E-state index in [9.17, 15) is 14.7 Å². The van der Waals surface area contributed by atoms with Crippen LogP contribution in [0.3, 0.4) is 0 Å². The maximum atomic E-state index is 12.5. The number of urea groups is 1. The lowest BCUT2D eigenvalue weighted by molar-refractivity contribution is -0.143. The van der Waals surface area contributed by atoms with E-state index in [-0.39, 0.29) is 18.5 Å². The average Bonchev–Trinajstić information content (AvgIpc) is 2.41. The van der Waals surface area contributed by atoms with E-state index in [1.165, 1.54) is 0 Å². The molecule has 2 rings (SSSR count). The summed E-state index contributed by atoms with van der Waals surface area (Å²) >= 11 is 3.43. The van der Waals surface area contributed by atoms with E-state index in [0.717, 1.165) is 21.3 Å². The second-order valence-electron chi connectivity index (χ2n) is 6.13. The summed E-state index contributed by atoms with van der Waals surface area (Å²) in [7, 11) is 0. The van der Waals surface area contributed by atoms with Crippen LogP contribution in [0.2, 0.25) is 0 Å². The van der Waals surface area contributed by atoms with Crippen LogP contribution < -0.4 is 5.32 Å². The number of piperidine rings is 1. The third-order valence-electron chi connectivity index (χ3n) is 4.03. The van der Waals surface area contributed by atoms with Crippen molar-refractivity contribution in [2.45, 2.75) is 27.2 Å². The van der Waals surface area contributed by atoms with E-state index in [4.69, 9.17) is 0 Å². The Morgan fingerprint density at radius 1 is 1.27 bits per heavy atom. The number of hydrogen-bond donors (Lipinski definition) is 2. The number of aryl methyl sites for hydroxylation is 2. The number of halogens is 1. The van der Waals surface area contributed by atoms with Crippen molar-refractivity contribution < 1.29 is 14.7 Å². The number of nitrogens with one attached hydrogen (secondary N) is 1. The zero-order valence-electron chi connectivity index (χ0n) is 13.0. The molecule has 0 spiro atoms. The Bertz CT molecular complexity index is 580. The smallest absolute Gasteiger partial charge is 0.321 e. The fourth-order valence-corrected chi connectivity index (χ4v) is 3.68. The molecule has 1 aromatic rings. The quantitative estimate of drug-likeness (QED) is 0.836. The molecule has 1 heterocycles. The number of carbonyl (C=O) groups is 2. The summed E-state index contributed by atoms with van der Waals surface area (Å²) in [6.45, 7) is 6.70. The van der Waals surface area contributed by atoms with Crippen LogP contribution >= 0.6 is 15.9 Å². The lowest BCUT2D eigenvalue weighted by Crippen LogP contribution is -2.47. The molecule has 2 unspecified atom stereocenters. The molecule has 2 N–H and O–H groups in total. The highest BCUT2D eigenvalue weighted by Gasteiger charge is 2.32. The van der Waals surface area contributed by atoms with E-state index < -0.39 is 11.9 Å². The highest BCUT2D eigenvalue weighted by molar-refractivity contribution is 9.10. The van der Waals surface area contributed by atoms with E-state index in [2.05, 4.69) is 21.2 Å². The Hall–Kier alpha value is -1.56. The molecule has 1 fully saturated rings. The van der Waals surface area contributed by atoms with Crippen molar-refractivity contribution in [3.63, 3.8) is 0 Å². The molecular formula is C16H21BrN2O3. The van der Waals surface area contributed by atoms with Gasteiger partial charge in [0.25, 0.3) is 0 Å². The van der Waals surface area contributed by atoms with Gasteiger partial charge in [-0.2, -0.15) is 0 Å². The molecule has 0 aromatic heterocycles. The van der Waals surface area contributed by atoms with Crippen molar-refractivity contribution in [1.82, 2.24) is 4.90 Å². The molecule has 5 nitrogen and oxygen atoms in total. The van der Waals surface area contributed by atoms with Gasteiger partial charge in [0.05, 0.1) is 5.92 Å². The van der Waals surface area contributed by atoms with Gasteiger partial charge in [0.2, 0.25) is 0 Å². The van der Waals surface area contributed by atoms with Gasteiger partial charge in [-0.3, -0.25) is 4.79 Å². The van der Waals surface area contributed by atoms with Gasteiger partial charge >= 0.3 is 12.0 Å². The van der Waals surface area contributed by atoms with Gasteiger partial charge in [0.15, 0.2) is 0 Å². The highest BCUT2D eigenvalue weighted by atomic mass is 79.9. The van der Waals surface area contributed by atoms with Crippen LogP contribution in [0.4, 0.5) is 10.5 Å². The lowest BCUT2D eigenvalue weighted by atomic mass is 9.91. The fourth-order valence-electron chi connectivity index (χ4n) is 2.99. The second kappa shape index (κ2) is 6.69. The van der Waals surface area contributed by atoms with E-state index in [1.807, 2.05) is 32.9 Å². The van der Waals surface area contributed by atoms with Gasteiger partial charge in [-0.15, -0.1) is 0 Å². The van der Waals surface area contributed by atoms with Gasteiger partial charge in [-0.05, 0) is 49.4 Å². The third kappa shape index (κ3) is 3.80. The number of carbonyl (C=O) groups excluding carboxylic acids is 1. The number of hydrogen-bond acceptors (Lipinski definition) is 2. The third-order valence-corrected chi connectivity index (χ3v) is 4.48. The molecule has 0 saturated carbocycles. The van der Waals surface area contributed by atoms with Crippen LogP contribution in [0.1, 0.15) is 24.5 Å². The molecule has 1 saturated heterocycles. The molecule has 1 aliphatic rings. The summed E-state index contributed by atoms with van der Waals surface area (Å²) in [5.41, 5.74) is 2.73. The highest BCUT2D eigenvalue weighted by Crippen LogP contribution is 2.27. The monoisotopic (exact) mass is 368 g/mol. The van der Waals surface area contributed by atoms with Gasteiger partial charge in [-0.25, -0.2) is 4.79 Å². The summed E-state index contributed by atoms with van der Waals surface area (Å²) in [6.07, 6.45) is 0.620. The molecule has 1 aliphatic heterocycles. The molecule has 6 heteroatoms. The first-order chi connectivity index (χ1) is 10.3. The number of carboxylic acid groups (broad SMARTS) is 1. The molecule has 2 amide bonds. The standard InChI is InChI=1S/C16H21BrN2O3/c1-9-4-12(15(20)21)8-19(7-9)16(22)18-14-10(2)5-13(17)6-11(14)3/h5-6,9,12H,4,7-8H2,1-3H3,(H,18,22)(H,20,21). The number of likely N-dealkylation sites (tertiary alicyclic amines) is 1. The Kier molecular flexibility index (Phi) is 5.11. The average molecular weight is 369 g/mol. The molecule has 0 aliphatic carbocycles. The fraction of sp³-hybridized carbons (Fsp3) is 0.500. The van der Waals surface area contributed by atoms with Crippen molar-refractivity contribution in [3.8, 4) is 0 Å². The minimum absolute atomic E-state index is 0.188. The zero-order chi connectivity index (χ0) is 16.4. The maximum absolute atomic E-state index is 12.5. The summed E-state index contributed by atoms with van der Waals surface area (Å²) < 4.78 is 0.970. The number of carboxylic acids is 1. The van der Waals surface area contributed by atoms with Crippen LogP contribution in [0, 0.1) is 25.7 Å².